The van der Waals surface area contributed by atoms with Gasteiger partial charge in [0.15, 0.2) is 0 Å². The normalized spacial score (nSPS) is 17.7. The molecule has 0 bridgehead atoms. The Kier molecular flexibility index (Phi) is 12.8. The third-order valence-corrected chi connectivity index (χ3v) is 6.86. The van der Waals surface area contributed by atoms with Gasteiger partial charge in [0.05, 0.1) is 19.8 Å². The van der Waals surface area contributed by atoms with Crippen LogP contribution < -0.4 is 5.32 Å². The van der Waals surface area contributed by atoms with Crippen molar-refractivity contribution in [3.8, 4) is 11.8 Å². The van der Waals surface area contributed by atoms with Crippen LogP contribution in [-0.4, -0.2) is 67.9 Å². The van der Waals surface area contributed by atoms with Gasteiger partial charge in [-0.2, -0.15) is 0 Å². The van der Waals surface area contributed by atoms with E-state index in [1.165, 1.54) is 12.0 Å². The maximum Gasteiger partial charge on any atom is 0.407 e. The van der Waals surface area contributed by atoms with Gasteiger partial charge in [-0.25, -0.2) is 9.59 Å². The molecule has 0 saturated carbocycles. The van der Waals surface area contributed by atoms with Gasteiger partial charge in [0.1, 0.15) is 18.7 Å². The second-order valence-corrected chi connectivity index (χ2v) is 11.1. The van der Waals surface area contributed by atoms with Crippen LogP contribution in [-0.2, 0) is 23.8 Å². The lowest BCUT2D eigenvalue weighted by Crippen LogP contribution is -2.57. The summed E-state index contributed by atoms with van der Waals surface area (Å²) in [5.74, 6) is 5.11. The summed E-state index contributed by atoms with van der Waals surface area (Å²) in [7, 11) is 1.29. The zero-order chi connectivity index (χ0) is 28.1. The van der Waals surface area contributed by atoms with E-state index in [4.69, 9.17) is 14.2 Å². The molecule has 1 aliphatic heterocycles. The van der Waals surface area contributed by atoms with Gasteiger partial charge in [0.25, 0.3) is 0 Å². The highest BCUT2D eigenvalue weighted by molar-refractivity contribution is 9.10. The van der Waals surface area contributed by atoms with Gasteiger partial charge in [-0.3, -0.25) is 4.79 Å². The van der Waals surface area contributed by atoms with E-state index in [9.17, 15) is 14.4 Å². The minimum absolute atomic E-state index is 0.141. The zero-order valence-electron chi connectivity index (χ0n) is 22.8. The number of ether oxygens (including phenoxy) is 3. The minimum atomic E-state index is -0.906. The molecule has 0 aliphatic carbocycles. The molecule has 2 rings (SSSR count). The summed E-state index contributed by atoms with van der Waals surface area (Å²) in [6, 6.07) is 5.89. The standard InChI is InChI=1S/C29H39BrN2O6/c1-6-7-8-9-12-17-38-28(35)31-25(29(2,3)4)26(33)32-20-22(19-24(32)27(34)36-5)37-18-13-15-21-14-10-11-16-23(21)30/h6,10-11,14,16,22,24-25H,1,7-9,12,17-20H2,2-5H3,(H,31,35)/t22-,24+,25-/m1/s1. The van der Waals surface area contributed by atoms with Gasteiger partial charge in [-0.15, -0.1) is 6.58 Å². The number of esters is 1. The molecule has 0 aromatic heterocycles. The molecule has 38 heavy (non-hydrogen) atoms. The van der Waals surface area contributed by atoms with Crippen molar-refractivity contribution in [2.75, 3.05) is 26.9 Å². The summed E-state index contributed by atoms with van der Waals surface area (Å²) in [6.07, 6.45) is 4.64. The highest BCUT2D eigenvalue weighted by Crippen LogP contribution is 2.27. The number of allylic oxidation sites excluding steroid dienone is 1. The molecular weight excluding hydrogens is 552 g/mol. The van der Waals surface area contributed by atoms with Crippen molar-refractivity contribution in [2.45, 2.75) is 71.1 Å². The highest BCUT2D eigenvalue weighted by atomic mass is 79.9. The van der Waals surface area contributed by atoms with E-state index in [-0.39, 0.29) is 32.1 Å². The molecule has 0 spiro atoms. The van der Waals surface area contributed by atoms with Crippen LogP contribution in [0.4, 0.5) is 4.79 Å². The molecule has 1 saturated heterocycles. The van der Waals surface area contributed by atoms with E-state index in [1.807, 2.05) is 51.1 Å². The molecule has 0 unspecified atom stereocenters. The Hall–Kier alpha value is -2.83. The summed E-state index contributed by atoms with van der Waals surface area (Å²) in [6.45, 7) is 9.82. The second kappa shape index (κ2) is 15.6. The molecule has 3 atom stereocenters. The Morgan fingerprint density at radius 3 is 2.63 bits per heavy atom. The molecule has 1 heterocycles. The Bertz CT molecular complexity index is 1030. The number of benzene rings is 1. The average molecular weight is 592 g/mol. The topological polar surface area (TPSA) is 94.2 Å². The predicted molar refractivity (Wildman–Crippen MR) is 149 cm³/mol. The van der Waals surface area contributed by atoms with E-state index in [1.54, 1.807) is 0 Å². The first-order valence-corrected chi connectivity index (χ1v) is 13.6. The van der Waals surface area contributed by atoms with Crippen LogP contribution in [0.5, 0.6) is 0 Å². The molecule has 1 aliphatic rings. The van der Waals surface area contributed by atoms with Crippen molar-refractivity contribution in [1.82, 2.24) is 10.2 Å². The largest absolute Gasteiger partial charge is 0.467 e. The van der Waals surface area contributed by atoms with Crippen molar-refractivity contribution in [3.05, 3.63) is 47.0 Å². The van der Waals surface area contributed by atoms with Gasteiger partial charge < -0.3 is 24.4 Å². The number of likely N-dealkylation sites (tertiary alicyclic amines) is 1. The number of carbonyl (C=O) groups is 3. The summed E-state index contributed by atoms with van der Waals surface area (Å²) in [4.78, 5) is 40.1. The number of amides is 2. The van der Waals surface area contributed by atoms with Crippen LogP contribution in [0.1, 0.15) is 58.4 Å². The number of carbonyl (C=O) groups excluding carboxylic acids is 3. The molecule has 1 N–H and O–H groups in total. The molecule has 1 aromatic rings. The zero-order valence-corrected chi connectivity index (χ0v) is 24.3. The van der Waals surface area contributed by atoms with Crippen molar-refractivity contribution >= 4 is 33.9 Å². The summed E-state index contributed by atoms with van der Waals surface area (Å²) >= 11 is 3.46. The van der Waals surface area contributed by atoms with E-state index in [0.29, 0.717) is 0 Å². The van der Waals surface area contributed by atoms with Gasteiger partial charge in [-0.1, -0.05) is 50.8 Å². The van der Waals surface area contributed by atoms with Crippen molar-refractivity contribution < 1.29 is 28.6 Å². The fraction of sp³-hybridized carbons (Fsp3) is 0.552. The Morgan fingerprint density at radius 2 is 1.97 bits per heavy atom. The van der Waals surface area contributed by atoms with E-state index < -0.39 is 35.7 Å². The van der Waals surface area contributed by atoms with Gasteiger partial charge >= 0.3 is 12.1 Å². The Labute approximate surface area is 234 Å². The number of hydrogen-bond acceptors (Lipinski definition) is 6. The summed E-state index contributed by atoms with van der Waals surface area (Å²) < 4.78 is 17.1. The van der Waals surface area contributed by atoms with Crippen LogP contribution in [0.2, 0.25) is 0 Å². The number of methoxy groups -OCH3 is 1. The smallest absolute Gasteiger partial charge is 0.407 e. The van der Waals surface area contributed by atoms with Crippen LogP contribution in [0, 0.1) is 17.3 Å². The quantitative estimate of drug-likeness (QED) is 0.171. The summed E-state index contributed by atoms with van der Waals surface area (Å²) in [5, 5.41) is 2.72. The molecule has 1 aromatic carbocycles. The number of rotatable bonds is 11. The summed E-state index contributed by atoms with van der Waals surface area (Å²) in [5.41, 5.74) is 0.211. The third-order valence-electron chi connectivity index (χ3n) is 6.17. The van der Waals surface area contributed by atoms with E-state index >= 15 is 0 Å². The van der Waals surface area contributed by atoms with E-state index in [2.05, 4.69) is 39.7 Å². The molecular formula is C29H39BrN2O6. The lowest BCUT2D eigenvalue weighted by Gasteiger charge is -2.34. The van der Waals surface area contributed by atoms with Crippen LogP contribution in [0.15, 0.2) is 41.4 Å². The Balaban J connectivity index is 2.03. The average Bonchev–Trinajstić information content (AvgIpc) is 3.31. The van der Waals surface area contributed by atoms with Crippen molar-refractivity contribution in [3.63, 3.8) is 0 Å². The molecule has 0 radical (unpaired) electrons. The van der Waals surface area contributed by atoms with E-state index in [0.717, 1.165) is 35.7 Å². The fourth-order valence-corrected chi connectivity index (χ4v) is 4.46. The molecule has 208 valence electrons. The van der Waals surface area contributed by atoms with Crippen molar-refractivity contribution in [2.24, 2.45) is 5.41 Å². The Morgan fingerprint density at radius 1 is 1.24 bits per heavy atom. The first kappa shape index (κ1) is 31.4. The lowest BCUT2D eigenvalue weighted by molar-refractivity contribution is -0.152. The molecule has 2 amide bonds. The SMILES string of the molecule is C=CCCCCCOC(=O)N[C@H](C(=O)N1C[C@H](OCC#Cc2ccccc2Br)C[C@H]1C(=O)OC)C(C)(C)C. The van der Waals surface area contributed by atoms with Gasteiger partial charge in [-0.05, 0) is 59.2 Å². The van der Waals surface area contributed by atoms with Crippen LogP contribution in [0.3, 0.4) is 0 Å². The fourth-order valence-electron chi connectivity index (χ4n) is 4.08. The number of halogens is 1. The highest BCUT2D eigenvalue weighted by Gasteiger charge is 2.45. The molecule has 9 heteroatoms. The number of alkyl carbamates (subject to hydrolysis) is 1. The number of nitrogens with zero attached hydrogens (tertiary/aromatic N) is 1. The number of hydrogen-bond donors (Lipinski definition) is 1. The molecule has 1 fully saturated rings. The third kappa shape index (κ3) is 9.80. The predicted octanol–water partition coefficient (Wildman–Crippen LogP) is 4.85. The first-order chi connectivity index (χ1) is 18.1. The maximum atomic E-state index is 13.7. The van der Waals surface area contributed by atoms with Gasteiger partial charge in [0.2, 0.25) is 5.91 Å². The monoisotopic (exact) mass is 590 g/mol. The lowest BCUT2D eigenvalue weighted by atomic mass is 9.85. The minimum Gasteiger partial charge on any atom is -0.467 e. The first-order valence-electron chi connectivity index (χ1n) is 12.9. The number of nitrogens with one attached hydrogen (secondary N) is 1. The second-order valence-electron chi connectivity index (χ2n) is 10.2. The maximum absolute atomic E-state index is 13.7. The van der Waals surface area contributed by atoms with Crippen LogP contribution in [0.25, 0.3) is 0 Å². The van der Waals surface area contributed by atoms with Gasteiger partial charge in [0, 0.05) is 23.0 Å². The number of unbranched alkanes of at least 4 members (excludes halogenated alkanes) is 3. The van der Waals surface area contributed by atoms with Crippen molar-refractivity contribution in [1.29, 1.82) is 0 Å². The molecule has 8 nitrogen and oxygen atoms in total. The van der Waals surface area contributed by atoms with Crippen LogP contribution >= 0.6 is 15.9 Å².